The molecule has 0 aromatic heterocycles. The Morgan fingerprint density at radius 3 is 2.69 bits per heavy atom. The van der Waals surface area contributed by atoms with Crippen LogP contribution in [0.25, 0.3) is 0 Å². The molecule has 0 amide bonds. The van der Waals surface area contributed by atoms with Crippen molar-refractivity contribution in [3.63, 3.8) is 0 Å². The first-order valence-electron chi connectivity index (χ1n) is 9.89. The molecule has 4 rings (SSSR count). The van der Waals surface area contributed by atoms with Crippen LogP contribution in [0.3, 0.4) is 0 Å². The number of hydrogen-bond acceptors (Lipinski definition) is 5. The standard InChI is InChI=1S/C21H30N2O3/c1-13-19-20(26)17-6-5-15(22-16(11-24)12-25)9-18(17)21(13,2)7-8-23(19)10-14-3-4-14/h5-6,9,13-14,16,19,22,24-25H,3-4,7-8,10-12H2,1-2H3/t13-,19-,21+/m0/s1. The predicted molar refractivity (Wildman–Crippen MR) is 102 cm³/mol. The molecule has 1 heterocycles. The van der Waals surface area contributed by atoms with Crippen molar-refractivity contribution in [1.82, 2.24) is 4.90 Å². The zero-order valence-electron chi connectivity index (χ0n) is 15.7. The maximum atomic E-state index is 13.3. The SMILES string of the molecule is C[C@H]1[C@H]2C(=O)c3ccc(NC(CO)CO)cc3[C@]1(C)CCN2CC1CC1. The third kappa shape index (κ3) is 2.86. The normalized spacial score (nSPS) is 31.2. The lowest BCUT2D eigenvalue weighted by Crippen LogP contribution is -2.61. The molecule has 2 bridgehead atoms. The lowest BCUT2D eigenvalue weighted by atomic mass is 9.58. The molecule has 3 atom stereocenters. The fourth-order valence-electron chi connectivity index (χ4n) is 4.88. The van der Waals surface area contributed by atoms with Crippen LogP contribution in [0.1, 0.15) is 49.0 Å². The highest BCUT2D eigenvalue weighted by molar-refractivity contribution is 6.04. The lowest BCUT2D eigenvalue weighted by Gasteiger charge is -2.53. The summed E-state index contributed by atoms with van der Waals surface area (Å²) in [6, 6.07) is 5.52. The first-order valence-corrected chi connectivity index (χ1v) is 9.89. The van der Waals surface area contributed by atoms with E-state index < -0.39 is 0 Å². The van der Waals surface area contributed by atoms with Crippen molar-refractivity contribution >= 4 is 11.5 Å². The molecular weight excluding hydrogens is 328 g/mol. The van der Waals surface area contributed by atoms with E-state index in [1.165, 1.54) is 12.8 Å². The van der Waals surface area contributed by atoms with Crippen molar-refractivity contribution in [2.24, 2.45) is 11.8 Å². The minimum absolute atomic E-state index is 0.00305. The zero-order valence-corrected chi connectivity index (χ0v) is 15.7. The molecule has 1 aromatic carbocycles. The van der Waals surface area contributed by atoms with Crippen molar-refractivity contribution in [2.45, 2.75) is 50.6 Å². The second-order valence-corrected chi connectivity index (χ2v) is 8.67. The monoisotopic (exact) mass is 358 g/mol. The number of nitrogens with zero attached hydrogens (tertiary/aromatic N) is 1. The van der Waals surface area contributed by atoms with Gasteiger partial charge in [0.1, 0.15) is 0 Å². The molecule has 0 spiro atoms. The van der Waals surface area contributed by atoms with E-state index in [-0.39, 0.29) is 42.4 Å². The van der Waals surface area contributed by atoms with Crippen LogP contribution in [0.5, 0.6) is 0 Å². The number of aliphatic hydroxyl groups is 2. The van der Waals surface area contributed by atoms with Crippen LogP contribution >= 0.6 is 0 Å². The zero-order chi connectivity index (χ0) is 18.5. The number of ketones is 1. The summed E-state index contributed by atoms with van der Waals surface area (Å²) in [4.78, 5) is 15.7. The van der Waals surface area contributed by atoms with Crippen LogP contribution in [-0.4, -0.2) is 59.3 Å². The van der Waals surface area contributed by atoms with Crippen LogP contribution in [0.15, 0.2) is 18.2 Å². The highest BCUT2D eigenvalue weighted by atomic mass is 16.3. The van der Waals surface area contributed by atoms with Gasteiger partial charge >= 0.3 is 0 Å². The quantitative estimate of drug-likeness (QED) is 0.726. The molecule has 1 saturated carbocycles. The molecule has 5 nitrogen and oxygen atoms in total. The molecule has 0 unspecified atom stereocenters. The van der Waals surface area contributed by atoms with Gasteiger partial charge in [-0.3, -0.25) is 9.69 Å². The number of nitrogens with one attached hydrogen (secondary N) is 1. The minimum Gasteiger partial charge on any atom is -0.394 e. The fourth-order valence-corrected chi connectivity index (χ4v) is 4.88. The van der Waals surface area contributed by atoms with Crippen LogP contribution in [0.4, 0.5) is 5.69 Å². The van der Waals surface area contributed by atoms with Gasteiger partial charge in [-0.1, -0.05) is 13.8 Å². The summed E-state index contributed by atoms with van der Waals surface area (Å²) in [5, 5.41) is 21.8. The van der Waals surface area contributed by atoms with Gasteiger partial charge in [0.2, 0.25) is 0 Å². The van der Waals surface area contributed by atoms with E-state index in [0.717, 1.165) is 42.2 Å². The van der Waals surface area contributed by atoms with E-state index in [0.29, 0.717) is 0 Å². The summed E-state index contributed by atoms with van der Waals surface area (Å²) in [6.07, 6.45) is 3.68. The average molecular weight is 358 g/mol. The maximum Gasteiger partial charge on any atom is 0.180 e. The molecular formula is C21H30N2O3. The van der Waals surface area contributed by atoms with Gasteiger partial charge in [-0.15, -0.1) is 0 Å². The van der Waals surface area contributed by atoms with E-state index in [9.17, 15) is 15.0 Å². The van der Waals surface area contributed by atoms with Gasteiger partial charge in [0.05, 0.1) is 25.3 Å². The summed E-state index contributed by atoms with van der Waals surface area (Å²) in [7, 11) is 0. The molecule has 3 N–H and O–H groups in total. The van der Waals surface area contributed by atoms with Crippen molar-refractivity contribution in [3.05, 3.63) is 29.3 Å². The number of fused-ring (bicyclic) bond motifs is 4. The maximum absolute atomic E-state index is 13.3. The van der Waals surface area contributed by atoms with Crippen LogP contribution in [0, 0.1) is 11.8 Å². The Hall–Kier alpha value is -1.43. The van der Waals surface area contributed by atoms with E-state index in [1.54, 1.807) is 0 Å². The lowest BCUT2D eigenvalue weighted by molar-refractivity contribution is 0.0266. The Kier molecular flexibility index (Phi) is 4.58. The van der Waals surface area contributed by atoms with Gasteiger partial charge in [-0.25, -0.2) is 0 Å². The second kappa shape index (κ2) is 6.63. The number of anilines is 1. The molecule has 3 aliphatic rings. The van der Waals surface area contributed by atoms with Crippen molar-refractivity contribution in [2.75, 3.05) is 31.6 Å². The first-order chi connectivity index (χ1) is 12.5. The van der Waals surface area contributed by atoms with E-state index in [1.807, 2.05) is 12.1 Å². The predicted octanol–water partition coefficient (Wildman–Crippen LogP) is 2.03. The Bertz CT molecular complexity index is 698. The Morgan fingerprint density at radius 1 is 1.31 bits per heavy atom. The van der Waals surface area contributed by atoms with Crippen LogP contribution in [0.2, 0.25) is 0 Å². The number of Topliss-reactive ketones (excluding diaryl/α,β-unsaturated/α-hetero) is 1. The molecule has 5 heteroatoms. The average Bonchev–Trinajstić information content (AvgIpc) is 3.45. The van der Waals surface area contributed by atoms with Crippen molar-refractivity contribution in [3.8, 4) is 0 Å². The molecule has 2 fully saturated rings. The summed E-state index contributed by atoms with van der Waals surface area (Å²) in [6.45, 7) is 6.33. The number of hydrogen-bond donors (Lipinski definition) is 3. The van der Waals surface area contributed by atoms with Gasteiger partial charge in [-0.05, 0) is 66.8 Å². The molecule has 26 heavy (non-hydrogen) atoms. The van der Waals surface area contributed by atoms with Crippen LogP contribution < -0.4 is 5.32 Å². The van der Waals surface area contributed by atoms with E-state index >= 15 is 0 Å². The highest BCUT2D eigenvalue weighted by Crippen LogP contribution is 2.49. The van der Waals surface area contributed by atoms with Gasteiger partial charge < -0.3 is 15.5 Å². The number of carbonyl (C=O) groups is 1. The fraction of sp³-hybridized carbons (Fsp3) is 0.667. The molecule has 2 aliphatic carbocycles. The number of benzene rings is 1. The molecule has 1 aromatic rings. The molecule has 1 saturated heterocycles. The van der Waals surface area contributed by atoms with Crippen molar-refractivity contribution in [1.29, 1.82) is 0 Å². The smallest absolute Gasteiger partial charge is 0.180 e. The number of likely N-dealkylation sites (tertiary alicyclic amines) is 1. The van der Waals surface area contributed by atoms with Gasteiger partial charge in [0.15, 0.2) is 5.78 Å². The summed E-state index contributed by atoms with van der Waals surface area (Å²) < 4.78 is 0. The number of rotatable bonds is 6. The number of aliphatic hydroxyl groups excluding tert-OH is 2. The van der Waals surface area contributed by atoms with Gasteiger partial charge in [0.25, 0.3) is 0 Å². The van der Waals surface area contributed by atoms with Gasteiger partial charge in [-0.2, -0.15) is 0 Å². The third-order valence-electron chi connectivity index (χ3n) is 6.96. The first kappa shape index (κ1) is 18.0. The molecule has 0 radical (unpaired) electrons. The van der Waals surface area contributed by atoms with Crippen molar-refractivity contribution < 1.29 is 15.0 Å². The Labute approximate surface area is 155 Å². The minimum atomic E-state index is -0.384. The second-order valence-electron chi connectivity index (χ2n) is 8.67. The van der Waals surface area contributed by atoms with E-state index in [4.69, 9.17) is 0 Å². The highest BCUT2D eigenvalue weighted by Gasteiger charge is 2.52. The topological polar surface area (TPSA) is 72.8 Å². The van der Waals surface area contributed by atoms with Crippen LogP contribution in [-0.2, 0) is 5.41 Å². The molecule has 142 valence electrons. The number of carbonyl (C=O) groups excluding carboxylic acids is 1. The van der Waals surface area contributed by atoms with E-state index in [2.05, 4.69) is 30.1 Å². The van der Waals surface area contributed by atoms with Gasteiger partial charge in [0, 0.05) is 17.8 Å². The number of piperidine rings is 1. The largest absolute Gasteiger partial charge is 0.394 e. The molecule has 1 aliphatic heterocycles. The Morgan fingerprint density at radius 2 is 2.04 bits per heavy atom. The summed E-state index contributed by atoms with van der Waals surface area (Å²) in [5.41, 5.74) is 2.82. The third-order valence-corrected chi connectivity index (χ3v) is 6.96. The summed E-state index contributed by atoms with van der Waals surface area (Å²) in [5.74, 6) is 1.34. The Balaban J connectivity index is 1.68. The summed E-state index contributed by atoms with van der Waals surface area (Å²) >= 11 is 0.